The first-order valence-electron chi connectivity index (χ1n) is 5.36. The molecule has 0 radical (unpaired) electrons. The van der Waals surface area contributed by atoms with E-state index in [1.54, 1.807) is 0 Å². The number of esters is 1. The Kier molecular flexibility index (Phi) is 8.44. The van der Waals surface area contributed by atoms with E-state index in [1.165, 1.54) is 7.11 Å². The molecule has 0 saturated heterocycles. The summed E-state index contributed by atoms with van der Waals surface area (Å²) < 4.78 is 4.40. The standard InChI is InChI=1S/C10H18N2O5/c1-17-9(15)5-7-12-10(16)11-6-3-2-4-8(13)14/h2-7H2,1H3,(H,13,14)(H2,11,12,16). The van der Waals surface area contributed by atoms with Crippen molar-refractivity contribution in [3.8, 4) is 0 Å². The van der Waals surface area contributed by atoms with E-state index in [1.807, 2.05) is 0 Å². The lowest BCUT2D eigenvalue weighted by atomic mass is 10.2. The van der Waals surface area contributed by atoms with Gasteiger partial charge in [0.1, 0.15) is 0 Å². The van der Waals surface area contributed by atoms with Crippen LogP contribution < -0.4 is 10.6 Å². The summed E-state index contributed by atoms with van der Waals surface area (Å²) in [6, 6.07) is -0.371. The Morgan fingerprint density at radius 2 is 1.71 bits per heavy atom. The number of carboxylic acid groups (broad SMARTS) is 1. The number of hydrogen-bond acceptors (Lipinski definition) is 4. The molecule has 0 aromatic rings. The summed E-state index contributed by atoms with van der Waals surface area (Å²) in [6.45, 7) is 0.630. The Hall–Kier alpha value is -1.79. The zero-order chi connectivity index (χ0) is 13.1. The molecule has 0 unspecified atom stereocenters. The second kappa shape index (κ2) is 9.44. The number of carbonyl (C=O) groups is 3. The summed E-state index contributed by atoms with van der Waals surface area (Å²) >= 11 is 0. The number of rotatable bonds is 8. The van der Waals surface area contributed by atoms with Gasteiger partial charge in [-0.15, -0.1) is 0 Å². The van der Waals surface area contributed by atoms with Crippen molar-refractivity contribution in [3.63, 3.8) is 0 Å². The average Bonchev–Trinajstić information content (AvgIpc) is 2.27. The molecule has 0 aromatic heterocycles. The van der Waals surface area contributed by atoms with Gasteiger partial charge in [-0.2, -0.15) is 0 Å². The number of aliphatic carboxylic acids is 1. The molecule has 0 aliphatic rings. The van der Waals surface area contributed by atoms with Crippen LogP contribution in [-0.2, 0) is 14.3 Å². The molecule has 0 fully saturated rings. The number of hydrogen-bond donors (Lipinski definition) is 3. The quantitative estimate of drug-likeness (QED) is 0.416. The van der Waals surface area contributed by atoms with Crippen LogP contribution in [0.4, 0.5) is 4.79 Å². The van der Waals surface area contributed by atoms with E-state index in [0.29, 0.717) is 19.4 Å². The topological polar surface area (TPSA) is 105 Å². The van der Waals surface area contributed by atoms with E-state index >= 15 is 0 Å². The zero-order valence-corrected chi connectivity index (χ0v) is 9.82. The molecule has 0 bridgehead atoms. The monoisotopic (exact) mass is 246 g/mol. The number of unbranched alkanes of at least 4 members (excludes halogenated alkanes) is 1. The summed E-state index contributed by atoms with van der Waals surface area (Å²) in [6.07, 6.45) is 1.36. The molecule has 7 heteroatoms. The van der Waals surface area contributed by atoms with Gasteiger partial charge in [0.15, 0.2) is 0 Å². The number of nitrogens with one attached hydrogen (secondary N) is 2. The van der Waals surface area contributed by atoms with E-state index in [9.17, 15) is 14.4 Å². The van der Waals surface area contributed by atoms with E-state index in [4.69, 9.17) is 5.11 Å². The number of amides is 2. The first-order valence-corrected chi connectivity index (χ1v) is 5.36. The van der Waals surface area contributed by atoms with E-state index in [0.717, 1.165) is 0 Å². The Labute approximate surface area is 99.5 Å². The van der Waals surface area contributed by atoms with Crippen LogP contribution in [-0.4, -0.2) is 43.3 Å². The molecule has 0 atom stereocenters. The summed E-state index contributed by atoms with van der Waals surface area (Å²) in [5, 5.41) is 13.4. The molecule has 0 rings (SSSR count). The highest BCUT2D eigenvalue weighted by atomic mass is 16.5. The molecule has 0 aliphatic heterocycles. The molecule has 7 nitrogen and oxygen atoms in total. The Bertz CT molecular complexity index is 267. The lowest BCUT2D eigenvalue weighted by molar-refractivity contribution is -0.140. The Morgan fingerprint density at radius 3 is 2.29 bits per heavy atom. The molecule has 17 heavy (non-hydrogen) atoms. The number of carboxylic acids is 1. The molecule has 2 amide bonds. The van der Waals surface area contributed by atoms with Crippen LogP contribution in [0, 0.1) is 0 Å². The predicted molar refractivity (Wildman–Crippen MR) is 59.5 cm³/mol. The highest BCUT2D eigenvalue weighted by molar-refractivity contribution is 5.75. The maximum absolute atomic E-state index is 11.1. The van der Waals surface area contributed by atoms with Crippen molar-refractivity contribution < 1.29 is 24.2 Å². The van der Waals surface area contributed by atoms with Gasteiger partial charge >= 0.3 is 18.0 Å². The van der Waals surface area contributed by atoms with E-state index in [2.05, 4.69) is 15.4 Å². The van der Waals surface area contributed by atoms with Gasteiger partial charge < -0.3 is 20.5 Å². The van der Waals surface area contributed by atoms with Crippen LogP contribution in [0.2, 0.25) is 0 Å². The number of methoxy groups -OCH3 is 1. The molecule has 0 heterocycles. The lowest BCUT2D eigenvalue weighted by Crippen LogP contribution is -2.37. The minimum absolute atomic E-state index is 0.103. The fourth-order valence-electron chi connectivity index (χ4n) is 1.05. The molecule has 3 N–H and O–H groups in total. The second-order valence-electron chi connectivity index (χ2n) is 3.36. The van der Waals surface area contributed by atoms with Gasteiger partial charge in [-0.1, -0.05) is 0 Å². The molecule has 0 aliphatic carbocycles. The van der Waals surface area contributed by atoms with Crippen molar-refractivity contribution in [2.75, 3.05) is 20.2 Å². The van der Waals surface area contributed by atoms with Gasteiger partial charge in [-0.3, -0.25) is 9.59 Å². The molecule has 0 aromatic carbocycles. The minimum Gasteiger partial charge on any atom is -0.481 e. The number of carbonyl (C=O) groups excluding carboxylic acids is 2. The van der Waals surface area contributed by atoms with Crippen molar-refractivity contribution in [2.45, 2.75) is 25.7 Å². The highest BCUT2D eigenvalue weighted by Crippen LogP contribution is 1.93. The van der Waals surface area contributed by atoms with E-state index in [-0.39, 0.29) is 31.4 Å². The van der Waals surface area contributed by atoms with Crippen molar-refractivity contribution in [1.82, 2.24) is 10.6 Å². The molecule has 98 valence electrons. The maximum Gasteiger partial charge on any atom is 0.314 e. The third-order valence-corrected chi connectivity index (χ3v) is 1.95. The summed E-state index contributed by atoms with van der Waals surface area (Å²) in [7, 11) is 1.28. The predicted octanol–water partition coefficient (Wildman–Crippen LogP) is 0.104. The SMILES string of the molecule is COC(=O)CCNC(=O)NCCCCC(=O)O. The zero-order valence-electron chi connectivity index (χ0n) is 9.82. The van der Waals surface area contributed by atoms with Crippen molar-refractivity contribution in [2.24, 2.45) is 0 Å². The van der Waals surface area contributed by atoms with Crippen molar-refractivity contribution in [1.29, 1.82) is 0 Å². The highest BCUT2D eigenvalue weighted by Gasteiger charge is 2.03. The molecular weight excluding hydrogens is 228 g/mol. The average molecular weight is 246 g/mol. The van der Waals surface area contributed by atoms with Crippen molar-refractivity contribution >= 4 is 18.0 Å². The third-order valence-electron chi connectivity index (χ3n) is 1.95. The second-order valence-corrected chi connectivity index (χ2v) is 3.36. The summed E-state index contributed by atoms with van der Waals surface area (Å²) in [4.78, 5) is 32.0. The Balaban J connectivity index is 3.35. The van der Waals surface area contributed by atoms with Gasteiger partial charge in [-0.25, -0.2) is 4.79 Å². The van der Waals surface area contributed by atoms with E-state index < -0.39 is 5.97 Å². The third kappa shape index (κ3) is 10.5. The van der Waals surface area contributed by atoms with Crippen molar-refractivity contribution in [3.05, 3.63) is 0 Å². The largest absolute Gasteiger partial charge is 0.481 e. The van der Waals surface area contributed by atoms with Crippen LogP contribution in [0.5, 0.6) is 0 Å². The van der Waals surface area contributed by atoms with Crippen LogP contribution >= 0.6 is 0 Å². The summed E-state index contributed by atoms with van der Waals surface area (Å²) in [5.74, 6) is -1.22. The van der Waals surface area contributed by atoms with Gasteiger partial charge in [0.2, 0.25) is 0 Å². The molecular formula is C10H18N2O5. The molecule has 0 saturated carbocycles. The van der Waals surface area contributed by atoms with Crippen LogP contribution in [0.1, 0.15) is 25.7 Å². The van der Waals surface area contributed by atoms with Crippen LogP contribution in [0.25, 0.3) is 0 Å². The normalized spacial score (nSPS) is 9.47. The minimum atomic E-state index is -0.840. The van der Waals surface area contributed by atoms with Gasteiger partial charge in [0, 0.05) is 19.5 Å². The lowest BCUT2D eigenvalue weighted by Gasteiger charge is -2.06. The summed E-state index contributed by atoms with van der Waals surface area (Å²) in [5.41, 5.74) is 0. The van der Waals surface area contributed by atoms with Gasteiger partial charge in [0.25, 0.3) is 0 Å². The number of ether oxygens (including phenoxy) is 1. The van der Waals surface area contributed by atoms with Gasteiger partial charge in [-0.05, 0) is 12.8 Å². The van der Waals surface area contributed by atoms with Crippen LogP contribution in [0.15, 0.2) is 0 Å². The first-order chi connectivity index (χ1) is 8.06. The fourth-order valence-corrected chi connectivity index (χ4v) is 1.05. The first kappa shape index (κ1) is 15.2. The fraction of sp³-hybridized carbons (Fsp3) is 0.700. The maximum atomic E-state index is 11.1. The smallest absolute Gasteiger partial charge is 0.314 e. The van der Waals surface area contributed by atoms with Gasteiger partial charge in [0.05, 0.1) is 13.5 Å². The Morgan fingerprint density at radius 1 is 1.06 bits per heavy atom. The molecule has 0 spiro atoms. The number of urea groups is 1. The van der Waals surface area contributed by atoms with Crippen LogP contribution in [0.3, 0.4) is 0 Å².